The first-order chi connectivity index (χ1) is 6.36. The van der Waals surface area contributed by atoms with Crippen LogP contribution in [0.1, 0.15) is 15.2 Å². The van der Waals surface area contributed by atoms with E-state index < -0.39 is 16.0 Å². The Labute approximate surface area is 85.5 Å². The normalized spacial score (nSPS) is 11.4. The second-order valence-corrected chi connectivity index (χ2v) is 5.61. The van der Waals surface area contributed by atoms with Crippen molar-refractivity contribution in [1.82, 2.24) is 0 Å². The number of methoxy groups -OCH3 is 1. The number of rotatable bonds is 2. The molecule has 7 heteroatoms. The molecule has 2 N–H and O–H groups in total. The summed E-state index contributed by atoms with van der Waals surface area (Å²) in [6, 6.07) is 1.44. The number of ether oxygens (including phenoxy) is 1. The highest BCUT2D eigenvalue weighted by molar-refractivity contribution is 7.91. The number of carbonyl (C=O) groups excluding carboxylic acids is 1. The highest BCUT2D eigenvalue weighted by Gasteiger charge is 2.22. The quantitative estimate of drug-likeness (QED) is 0.756. The maximum Gasteiger partial charge on any atom is 0.340 e. The van der Waals surface area contributed by atoms with E-state index in [2.05, 4.69) is 4.74 Å². The summed E-state index contributed by atoms with van der Waals surface area (Å²) in [5.74, 6) is -0.696. The van der Waals surface area contributed by atoms with Gasteiger partial charge in [-0.1, -0.05) is 0 Å². The molecule has 0 saturated carbocycles. The molecule has 0 aromatic carbocycles. The van der Waals surface area contributed by atoms with Crippen molar-refractivity contribution in [3.05, 3.63) is 16.5 Å². The number of hydrogen-bond acceptors (Lipinski definition) is 5. The van der Waals surface area contributed by atoms with Crippen molar-refractivity contribution < 1.29 is 17.9 Å². The van der Waals surface area contributed by atoms with E-state index in [1.54, 1.807) is 6.92 Å². The first-order valence-corrected chi connectivity index (χ1v) is 5.94. The van der Waals surface area contributed by atoms with Crippen molar-refractivity contribution in [2.45, 2.75) is 11.1 Å². The molecule has 0 radical (unpaired) electrons. The lowest BCUT2D eigenvalue weighted by atomic mass is 10.3. The van der Waals surface area contributed by atoms with Crippen molar-refractivity contribution in [3.8, 4) is 0 Å². The van der Waals surface area contributed by atoms with Gasteiger partial charge in [-0.05, 0) is 13.0 Å². The van der Waals surface area contributed by atoms with Gasteiger partial charge in [0.15, 0.2) is 0 Å². The van der Waals surface area contributed by atoms with Crippen LogP contribution in [0.3, 0.4) is 0 Å². The molecule has 1 heterocycles. The van der Waals surface area contributed by atoms with Gasteiger partial charge in [-0.2, -0.15) is 0 Å². The number of carbonyl (C=O) groups is 1. The molecule has 0 amide bonds. The van der Waals surface area contributed by atoms with Gasteiger partial charge in [-0.25, -0.2) is 18.4 Å². The molecule has 0 unspecified atom stereocenters. The number of nitrogens with two attached hydrogens (primary N) is 1. The zero-order valence-electron chi connectivity index (χ0n) is 7.60. The van der Waals surface area contributed by atoms with E-state index in [1.165, 1.54) is 13.2 Å². The lowest BCUT2D eigenvalue weighted by Crippen LogP contribution is -2.14. The fourth-order valence-corrected chi connectivity index (χ4v) is 2.99. The van der Waals surface area contributed by atoms with Gasteiger partial charge >= 0.3 is 5.97 Å². The van der Waals surface area contributed by atoms with Gasteiger partial charge in [0.25, 0.3) is 0 Å². The number of aryl methyl sites for hydroxylation is 1. The Morgan fingerprint density at radius 3 is 2.57 bits per heavy atom. The summed E-state index contributed by atoms with van der Waals surface area (Å²) in [6.45, 7) is 1.69. The molecular formula is C7H9NO4S2. The molecular weight excluding hydrogens is 226 g/mol. The Morgan fingerprint density at radius 1 is 1.57 bits per heavy atom. The first kappa shape index (κ1) is 11.2. The molecule has 0 atom stereocenters. The van der Waals surface area contributed by atoms with Gasteiger partial charge in [0.2, 0.25) is 10.0 Å². The number of thiophene rings is 1. The Hall–Kier alpha value is -0.920. The lowest BCUT2D eigenvalue weighted by molar-refractivity contribution is 0.0597. The van der Waals surface area contributed by atoms with E-state index in [-0.39, 0.29) is 9.77 Å². The summed E-state index contributed by atoms with van der Waals surface area (Å²) in [5.41, 5.74) is -0.00231. The monoisotopic (exact) mass is 235 g/mol. The molecule has 0 spiro atoms. The Morgan fingerprint density at radius 2 is 2.14 bits per heavy atom. The average molecular weight is 235 g/mol. The highest BCUT2D eigenvalue weighted by atomic mass is 32.2. The number of primary sulfonamides is 1. The van der Waals surface area contributed by atoms with Gasteiger partial charge in [-0.3, -0.25) is 0 Å². The molecule has 1 rings (SSSR count). The Bertz CT molecular complexity index is 460. The summed E-state index contributed by atoms with van der Waals surface area (Å²) < 4.78 is 26.4. The average Bonchev–Trinajstić information content (AvgIpc) is 2.45. The maximum absolute atomic E-state index is 11.2. The number of hydrogen-bond donors (Lipinski definition) is 1. The summed E-state index contributed by atoms with van der Waals surface area (Å²) in [7, 11) is -2.67. The molecule has 1 aromatic rings. The van der Waals surface area contributed by atoms with Crippen LogP contribution in [0, 0.1) is 6.92 Å². The smallest absolute Gasteiger partial charge is 0.340 e. The highest BCUT2D eigenvalue weighted by Crippen LogP contribution is 2.25. The Kier molecular flexibility index (Phi) is 2.93. The van der Waals surface area contributed by atoms with Gasteiger partial charge < -0.3 is 4.74 Å². The number of esters is 1. The lowest BCUT2D eigenvalue weighted by Gasteiger charge is -1.98. The molecule has 78 valence electrons. The van der Waals surface area contributed by atoms with Gasteiger partial charge in [0.1, 0.15) is 4.21 Å². The van der Waals surface area contributed by atoms with Gasteiger partial charge in [-0.15, -0.1) is 11.3 Å². The van der Waals surface area contributed by atoms with Crippen LogP contribution >= 0.6 is 11.3 Å². The minimum absolute atomic E-state index is 0.00231. The van der Waals surface area contributed by atoms with Crippen LogP contribution in [-0.4, -0.2) is 21.5 Å². The predicted molar refractivity (Wildman–Crippen MR) is 51.8 cm³/mol. The van der Waals surface area contributed by atoms with E-state index in [0.717, 1.165) is 11.3 Å². The Balaban J connectivity index is 3.38. The SMILES string of the molecule is COC(=O)c1cc(C)sc1S(N)(=O)=O. The van der Waals surface area contributed by atoms with Crippen molar-refractivity contribution in [2.75, 3.05) is 7.11 Å². The molecule has 0 saturated heterocycles. The third kappa shape index (κ3) is 2.11. The van der Waals surface area contributed by atoms with Crippen LogP contribution in [-0.2, 0) is 14.8 Å². The summed E-state index contributed by atoms with van der Waals surface area (Å²) >= 11 is 0.951. The van der Waals surface area contributed by atoms with Crippen molar-refractivity contribution >= 4 is 27.3 Å². The minimum Gasteiger partial charge on any atom is -0.465 e. The van der Waals surface area contributed by atoms with Crippen LogP contribution in [0.4, 0.5) is 0 Å². The summed E-state index contributed by atoms with van der Waals surface area (Å²) in [5, 5.41) is 4.94. The fourth-order valence-electron chi connectivity index (χ4n) is 0.956. The van der Waals surface area contributed by atoms with E-state index in [9.17, 15) is 13.2 Å². The number of sulfonamides is 1. The van der Waals surface area contributed by atoms with E-state index in [0.29, 0.717) is 4.88 Å². The second kappa shape index (κ2) is 3.68. The van der Waals surface area contributed by atoms with Crippen LogP contribution in [0.2, 0.25) is 0 Å². The maximum atomic E-state index is 11.2. The largest absolute Gasteiger partial charge is 0.465 e. The van der Waals surface area contributed by atoms with Crippen molar-refractivity contribution in [1.29, 1.82) is 0 Å². The third-order valence-corrected chi connectivity index (χ3v) is 4.01. The fraction of sp³-hybridized carbons (Fsp3) is 0.286. The summed E-state index contributed by atoms with van der Waals surface area (Å²) in [6.07, 6.45) is 0. The molecule has 0 aliphatic heterocycles. The zero-order chi connectivity index (χ0) is 10.9. The molecule has 0 bridgehead atoms. The van der Waals surface area contributed by atoms with Crippen molar-refractivity contribution in [2.24, 2.45) is 5.14 Å². The molecule has 14 heavy (non-hydrogen) atoms. The predicted octanol–water partition coefficient (Wildman–Crippen LogP) is 0.491. The second-order valence-electron chi connectivity index (χ2n) is 2.59. The first-order valence-electron chi connectivity index (χ1n) is 3.58. The van der Waals surface area contributed by atoms with Crippen molar-refractivity contribution in [3.63, 3.8) is 0 Å². The van der Waals surface area contributed by atoms with Crippen LogP contribution in [0.5, 0.6) is 0 Å². The summed E-state index contributed by atoms with van der Waals surface area (Å²) in [4.78, 5) is 11.8. The van der Waals surface area contributed by atoms with Crippen LogP contribution in [0.15, 0.2) is 10.3 Å². The standard InChI is InChI=1S/C7H9NO4S2/c1-4-3-5(6(9)12-2)7(13-4)14(8,10)11/h3H,1-2H3,(H2,8,10,11). The molecule has 5 nitrogen and oxygen atoms in total. The zero-order valence-corrected chi connectivity index (χ0v) is 9.24. The van der Waals surface area contributed by atoms with E-state index in [4.69, 9.17) is 5.14 Å². The van der Waals surface area contributed by atoms with Crippen LogP contribution < -0.4 is 5.14 Å². The topological polar surface area (TPSA) is 86.5 Å². The third-order valence-electron chi connectivity index (χ3n) is 1.48. The molecule has 1 aromatic heterocycles. The minimum atomic E-state index is -3.85. The molecule has 0 aliphatic carbocycles. The van der Waals surface area contributed by atoms with Gasteiger partial charge in [0, 0.05) is 4.88 Å². The van der Waals surface area contributed by atoms with E-state index in [1.807, 2.05) is 0 Å². The van der Waals surface area contributed by atoms with Crippen LogP contribution in [0.25, 0.3) is 0 Å². The van der Waals surface area contributed by atoms with E-state index >= 15 is 0 Å². The molecule has 0 aliphatic rings. The van der Waals surface area contributed by atoms with Gasteiger partial charge in [0.05, 0.1) is 12.7 Å². The molecule has 0 fully saturated rings.